The fourth-order valence-corrected chi connectivity index (χ4v) is 0.510. The minimum absolute atomic E-state index is 0. The van der Waals surface area contributed by atoms with Crippen molar-refractivity contribution in [2.45, 2.75) is 25.9 Å². The fourth-order valence-electron chi connectivity index (χ4n) is 0.510. The van der Waals surface area contributed by atoms with E-state index in [1.165, 1.54) is 6.42 Å². The van der Waals surface area contributed by atoms with Crippen LogP contribution in [-0.2, 0) is 4.74 Å². The van der Waals surface area contributed by atoms with Crippen LogP contribution in [0.25, 0.3) is 0 Å². The van der Waals surface area contributed by atoms with Gasteiger partial charge in [0.2, 0.25) is 0 Å². The molecule has 0 spiro atoms. The summed E-state index contributed by atoms with van der Waals surface area (Å²) in [5.41, 5.74) is 0.222. The number of ether oxygens (including phenoxy) is 1. The zero-order valence-corrected chi connectivity index (χ0v) is 5.03. The lowest BCUT2D eigenvalue weighted by molar-refractivity contribution is -0.120. The highest BCUT2D eigenvalue weighted by molar-refractivity contribution is 4.75. The molecule has 0 unspecified atom stereocenters. The lowest BCUT2D eigenvalue weighted by Gasteiger charge is -2.34. The lowest BCUT2D eigenvalue weighted by Crippen LogP contribution is -2.36. The van der Waals surface area contributed by atoms with Gasteiger partial charge in [0.1, 0.15) is 0 Å². The van der Waals surface area contributed by atoms with Gasteiger partial charge in [-0.25, -0.2) is 0 Å². The van der Waals surface area contributed by atoms with Crippen molar-refractivity contribution in [2.75, 3.05) is 6.61 Å². The molecule has 0 aromatic heterocycles. The second-order valence-electron chi connectivity index (χ2n) is 2.36. The van der Waals surface area contributed by atoms with Gasteiger partial charge in [0, 0.05) is 0 Å². The Bertz CT molecular complexity index is 55.1. The lowest BCUT2D eigenvalue weighted by atomic mass is 10.0. The molecule has 1 aliphatic rings. The first kappa shape index (κ1) is 6.92. The molecule has 0 aromatic carbocycles. The van der Waals surface area contributed by atoms with Crippen LogP contribution in [0.3, 0.4) is 0 Å². The van der Waals surface area contributed by atoms with Gasteiger partial charge >= 0.3 is 0 Å². The Labute approximate surface area is 44.4 Å². The average molecular weight is 103 g/mol. The molecule has 0 radical (unpaired) electrons. The quantitative estimate of drug-likeness (QED) is 0.503. The Hall–Kier alpha value is -0.0800. The van der Waals surface area contributed by atoms with Gasteiger partial charge in [-0.1, -0.05) is 0 Å². The topological polar surface area (TPSA) is 44.2 Å². The van der Waals surface area contributed by atoms with Gasteiger partial charge in [-0.3, -0.25) is 0 Å². The molecule has 2 heteroatoms. The van der Waals surface area contributed by atoms with Gasteiger partial charge in [-0.2, -0.15) is 0 Å². The molecule has 0 saturated carbocycles. The highest BCUT2D eigenvalue weighted by Crippen LogP contribution is 2.23. The van der Waals surface area contributed by atoms with E-state index in [1.54, 1.807) is 0 Å². The summed E-state index contributed by atoms with van der Waals surface area (Å²) >= 11 is 0. The summed E-state index contributed by atoms with van der Waals surface area (Å²) in [6.07, 6.45) is 1.23. The Morgan fingerprint density at radius 3 is 1.71 bits per heavy atom. The van der Waals surface area contributed by atoms with Crippen LogP contribution in [0.15, 0.2) is 0 Å². The summed E-state index contributed by atoms with van der Waals surface area (Å²) < 4.78 is 5.12. The molecule has 2 nitrogen and oxygen atoms in total. The monoisotopic (exact) mass is 103 g/mol. The van der Waals surface area contributed by atoms with Crippen molar-refractivity contribution in [3.8, 4) is 0 Å². The Morgan fingerprint density at radius 1 is 1.43 bits per heavy atom. The first-order valence-electron chi connectivity index (χ1n) is 2.35. The molecule has 3 N–H and O–H groups in total. The second kappa shape index (κ2) is 1.80. The molecule has 0 aromatic rings. The van der Waals surface area contributed by atoms with Gasteiger partial charge in [-0.15, -0.1) is 0 Å². The molecule has 44 valence electrons. The van der Waals surface area contributed by atoms with E-state index in [2.05, 4.69) is 13.8 Å². The van der Waals surface area contributed by atoms with Crippen molar-refractivity contribution in [3.63, 3.8) is 0 Å². The maximum absolute atomic E-state index is 5.12. The molecule has 1 rings (SSSR count). The summed E-state index contributed by atoms with van der Waals surface area (Å²) in [6, 6.07) is 0. The molecule has 0 bridgehead atoms. The van der Waals surface area contributed by atoms with Gasteiger partial charge in [-0.05, 0) is 20.3 Å². The van der Waals surface area contributed by atoms with Crippen molar-refractivity contribution >= 4 is 0 Å². The van der Waals surface area contributed by atoms with Crippen LogP contribution < -0.4 is 6.15 Å². The Kier molecular flexibility index (Phi) is 1.78. The first-order chi connectivity index (χ1) is 2.71. The smallest absolute Gasteiger partial charge is 0.0648 e. The SMILES string of the molecule is CC1(C)CCO1.N. The largest absolute Gasteiger partial charge is 0.375 e. The van der Waals surface area contributed by atoms with Crippen molar-refractivity contribution in [1.82, 2.24) is 6.15 Å². The van der Waals surface area contributed by atoms with Crippen LogP contribution in [0.5, 0.6) is 0 Å². The summed E-state index contributed by atoms with van der Waals surface area (Å²) in [7, 11) is 0. The molecule has 7 heavy (non-hydrogen) atoms. The molecule has 1 heterocycles. The Morgan fingerprint density at radius 2 is 1.71 bits per heavy atom. The molecule has 0 atom stereocenters. The third-order valence-electron chi connectivity index (χ3n) is 1.20. The van der Waals surface area contributed by atoms with Crippen LogP contribution in [-0.4, -0.2) is 12.2 Å². The highest BCUT2D eigenvalue weighted by Gasteiger charge is 2.26. The van der Waals surface area contributed by atoms with E-state index in [0.29, 0.717) is 0 Å². The van der Waals surface area contributed by atoms with Gasteiger partial charge < -0.3 is 10.9 Å². The highest BCUT2D eigenvalue weighted by atomic mass is 16.5. The predicted octanol–water partition coefficient (Wildman–Crippen LogP) is 1.35. The minimum Gasteiger partial charge on any atom is -0.375 e. The maximum Gasteiger partial charge on any atom is 0.0648 e. The summed E-state index contributed by atoms with van der Waals surface area (Å²) in [6.45, 7) is 5.18. The van der Waals surface area contributed by atoms with Crippen LogP contribution in [0.4, 0.5) is 0 Å². The third kappa shape index (κ3) is 1.45. The molecule has 0 aliphatic carbocycles. The molecule has 1 fully saturated rings. The van der Waals surface area contributed by atoms with Crippen LogP contribution in [0, 0.1) is 0 Å². The van der Waals surface area contributed by atoms with Crippen molar-refractivity contribution in [2.24, 2.45) is 0 Å². The number of hydrogen-bond acceptors (Lipinski definition) is 2. The number of hydrogen-bond donors (Lipinski definition) is 1. The molecule has 1 saturated heterocycles. The molecular weight excluding hydrogens is 90.1 g/mol. The van der Waals surface area contributed by atoms with Crippen molar-refractivity contribution < 1.29 is 4.74 Å². The van der Waals surface area contributed by atoms with Crippen LogP contribution >= 0.6 is 0 Å². The van der Waals surface area contributed by atoms with Crippen molar-refractivity contribution in [3.05, 3.63) is 0 Å². The van der Waals surface area contributed by atoms with E-state index in [4.69, 9.17) is 4.74 Å². The van der Waals surface area contributed by atoms with Gasteiger partial charge in [0.05, 0.1) is 12.2 Å². The summed E-state index contributed by atoms with van der Waals surface area (Å²) in [5.74, 6) is 0. The zero-order chi connectivity index (χ0) is 4.62. The fraction of sp³-hybridized carbons (Fsp3) is 1.00. The summed E-state index contributed by atoms with van der Waals surface area (Å²) in [4.78, 5) is 0. The minimum atomic E-state index is 0. The predicted molar refractivity (Wildman–Crippen MR) is 29.7 cm³/mol. The molecule has 0 amide bonds. The van der Waals surface area contributed by atoms with Crippen molar-refractivity contribution in [1.29, 1.82) is 0 Å². The van der Waals surface area contributed by atoms with E-state index in [1.807, 2.05) is 0 Å². The first-order valence-corrected chi connectivity index (χ1v) is 2.35. The van der Waals surface area contributed by atoms with E-state index in [-0.39, 0.29) is 11.8 Å². The van der Waals surface area contributed by atoms with E-state index < -0.39 is 0 Å². The van der Waals surface area contributed by atoms with E-state index >= 15 is 0 Å². The van der Waals surface area contributed by atoms with Gasteiger partial charge in [0.15, 0.2) is 0 Å². The van der Waals surface area contributed by atoms with Crippen LogP contribution in [0.1, 0.15) is 20.3 Å². The van der Waals surface area contributed by atoms with E-state index in [0.717, 1.165) is 6.61 Å². The molecular formula is C5H13NO. The number of rotatable bonds is 0. The van der Waals surface area contributed by atoms with Crippen LogP contribution in [0.2, 0.25) is 0 Å². The maximum atomic E-state index is 5.12. The van der Waals surface area contributed by atoms with E-state index in [9.17, 15) is 0 Å². The van der Waals surface area contributed by atoms with Gasteiger partial charge in [0.25, 0.3) is 0 Å². The zero-order valence-electron chi connectivity index (χ0n) is 5.03. The average Bonchev–Trinajstić information content (AvgIpc) is 1.32. The Balaban J connectivity index is 0.000000360. The second-order valence-corrected chi connectivity index (χ2v) is 2.36. The summed E-state index contributed by atoms with van der Waals surface area (Å²) in [5, 5.41) is 0. The standard InChI is InChI=1S/C5H10O.H3N/c1-5(2)3-4-6-5;/h3-4H2,1-2H3;1H3. The molecule has 1 aliphatic heterocycles. The normalized spacial score (nSPS) is 24.9. The third-order valence-corrected chi connectivity index (χ3v) is 1.20.